The van der Waals surface area contributed by atoms with Crippen molar-refractivity contribution in [2.75, 3.05) is 0 Å². The van der Waals surface area contributed by atoms with E-state index >= 15 is 0 Å². The fourth-order valence-corrected chi connectivity index (χ4v) is 3.30. The lowest BCUT2D eigenvalue weighted by molar-refractivity contribution is 0.0952. The molecule has 1 N–H and O–H groups in total. The van der Waals surface area contributed by atoms with Gasteiger partial charge in [-0.05, 0) is 37.0 Å². The average Bonchev–Trinajstić information content (AvgIpc) is 3.39. The Balaban J connectivity index is 1.56. The number of hydrogen-bond donors (Lipinski definition) is 1. The second-order valence-corrected chi connectivity index (χ2v) is 6.61. The third-order valence-corrected chi connectivity index (χ3v) is 4.69. The number of nitrogens with one attached hydrogen (secondary N) is 1. The third-order valence-electron chi connectivity index (χ3n) is 3.92. The van der Waals surface area contributed by atoms with Gasteiger partial charge in [0.15, 0.2) is 17.3 Å². The molecule has 27 heavy (non-hydrogen) atoms. The molecule has 0 saturated carbocycles. The van der Waals surface area contributed by atoms with Crippen LogP contribution in [0.2, 0.25) is 0 Å². The number of pyridine rings is 1. The summed E-state index contributed by atoms with van der Waals surface area (Å²) in [6, 6.07) is 3.67. The zero-order chi connectivity index (χ0) is 18.8. The van der Waals surface area contributed by atoms with E-state index in [9.17, 15) is 4.79 Å². The van der Waals surface area contributed by atoms with Crippen molar-refractivity contribution in [3.63, 3.8) is 0 Å². The van der Waals surface area contributed by atoms with Gasteiger partial charge in [0.2, 0.25) is 0 Å². The van der Waals surface area contributed by atoms with Crippen LogP contribution < -0.4 is 5.32 Å². The van der Waals surface area contributed by atoms with Crippen LogP contribution in [-0.4, -0.2) is 40.2 Å². The number of rotatable bonds is 6. The highest BCUT2D eigenvalue weighted by molar-refractivity contribution is 7.08. The Bertz CT molecular complexity index is 1100. The summed E-state index contributed by atoms with van der Waals surface area (Å²) < 4.78 is 10.9. The molecule has 0 aliphatic heterocycles. The number of amides is 1. The van der Waals surface area contributed by atoms with Crippen molar-refractivity contribution in [3.05, 3.63) is 40.5 Å². The van der Waals surface area contributed by atoms with Crippen molar-refractivity contribution in [2.45, 2.75) is 33.2 Å². The minimum atomic E-state index is -0.214. The Labute approximate surface area is 157 Å². The van der Waals surface area contributed by atoms with Gasteiger partial charge in [-0.15, -0.1) is 15.3 Å². The third kappa shape index (κ3) is 3.28. The number of carbonyl (C=O) groups is 1. The molecule has 4 heterocycles. The van der Waals surface area contributed by atoms with Gasteiger partial charge in [-0.3, -0.25) is 9.20 Å². The minimum Gasteiger partial charge on any atom is -0.344 e. The molecule has 0 aromatic carbocycles. The molecular formula is C16H16N8O2S. The van der Waals surface area contributed by atoms with Gasteiger partial charge < -0.3 is 9.84 Å². The van der Waals surface area contributed by atoms with Gasteiger partial charge in [0.1, 0.15) is 4.88 Å². The van der Waals surface area contributed by atoms with Crippen LogP contribution in [0.15, 0.2) is 22.9 Å². The van der Waals surface area contributed by atoms with E-state index in [1.807, 2.05) is 25.3 Å². The minimum absolute atomic E-state index is 0.214. The lowest BCUT2D eigenvalue weighted by Gasteiger charge is -2.04. The lowest BCUT2D eigenvalue weighted by Crippen LogP contribution is -2.24. The maximum absolute atomic E-state index is 12.5. The molecule has 0 bridgehead atoms. The monoisotopic (exact) mass is 384 g/mol. The molecule has 0 atom stereocenters. The summed E-state index contributed by atoms with van der Waals surface area (Å²) in [6.45, 7) is 4.00. The van der Waals surface area contributed by atoms with Crippen LogP contribution in [0.3, 0.4) is 0 Å². The van der Waals surface area contributed by atoms with Crippen LogP contribution in [0.4, 0.5) is 0 Å². The highest BCUT2D eigenvalue weighted by Crippen LogP contribution is 2.22. The van der Waals surface area contributed by atoms with Crippen LogP contribution in [0.5, 0.6) is 0 Å². The molecule has 4 aromatic rings. The summed E-state index contributed by atoms with van der Waals surface area (Å²) in [6.07, 6.45) is 3.44. The van der Waals surface area contributed by atoms with Crippen LogP contribution in [-0.2, 0) is 13.0 Å². The first-order valence-corrected chi connectivity index (χ1v) is 9.17. The fourth-order valence-electron chi connectivity index (χ4n) is 2.68. The summed E-state index contributed by atoms with van der Waals surface area (Å²) in [5.74, 6) is 1.29. The summed E-state index contributed by atoms with van der Waals surface area (Å²) >= 11 is 1.10. The Hall–Kier alpha value is -3.21. The van der Waals surface area contributed by atoms with E-state index in [4.69, 9.17) is 4.52 Å². The van der Waals surface area contributed by atoms with E-state index in [1.165, 1.54) is 0 Å². The van der Waals surface area contributed by atoms with Gasteiger partial charge in [-0.1, -0.05) is 23.0 Å². The zero-order valence-electron chi connectivity index (χ0n) is 14.7. The van der Waals surface area contributed by atoms with Crippen molar-refractivity contribution in [1.82, 2.24) is 39.6 Å². The summed E-state index contributed by atoms with van der Waals surface area (Å²) in [4.78, 5) is 17.2. The summed E-state index contributed by atoms with van der Waals surface area (Å²) in [5, 5.41) is 19.1. The van der Waals surface area contributed by atoms with Gasteiger partial charge >= 0.3 is 0 Å². The molecule has 0 spiro atoms. The van der Waals surface area contributed by atoms with Gasteiger partial charge in [-0.25, -0.2) is 0 Å². The molecule has 0 fully saturated rings. The largest absolute Gasteiger partial charge is 0.344 e. The summed E-state index contributed by atoms with van der Waals surface area (Å²) in [5.41, 5.74) is 1.98. The van der Waals surface area contributed by atoms with Crippen LogP contribution in [0, 0.1) is 6.92 Å². The molecule has 4 aromatic heterocycles. The summed E-state index contributed by atoms with van der Waals surface area (Å²) in [7, 11) is 0. The highest BCUT2D eigenvalue weighted by Gasteiger charge is 2.18. The van der Waals surface area contributed by atoms with Crippen molar-refractivity contribution < 1.29 is 9.32 Å². The number of fused-ring (bicyclic) bond motifs is 1. The second-order valence-electron chi connectivity index (χ2n) is 5.86. The Kier molecular flexibility index (Phi) is 4.59. The number of carbonyl (C=O) groups excluding carboxylic acids is 1. The number of aromatic nitrogens is 7. The Morgan fingerprint density at radius 2 is 2.22 bits per heavy atom. The molecule has 0 aliphatic rings. The molecule has 1 amide bonds. The molecule has 4 rings (SSSR count). The van der Waals surface area contributed by atoms with Crippen molar-refractivity contribution >= 4 is 23.1 Å². The van der Waals surface area contributed by atoms with Crippen molar-refractivity contribution in [1.29, 1.82) is 0 Å². The second kappa shape index (κ2) is 7.19. The first kappa shape index (κ1) is 17.2. The molecule has 0 aliphatic carbocycles. The van der Waals surface area contributed by atoms with Crippen LogP contribution in [0.25, 0.3) is 17.1 Å². The predicted molar refractivity (Wildman–Crippen MR) is 96.1 cm³/mol. The molecule has 0 unspecified atom stereocenters. The molecule has 0 saturated heterocycles. The van der Waals surface area contributed by atoms with E-state index in [0.29, 0.717) is 33.6 Å². The van der Waals surface area contributed by atoms with Crippen LogP contribution in [0.1, 0.15) is 40.4 Å². The van der Waals surface area contributed by atoms with E-state index in [1.54, 1.807) is 11.3 Å². The number of nitrogens with zero attached hydrogens (tertiary/aromatic N) is 7. The number of aryl methyl sites for hydroxylation is 2. The topological polar surface area (TPSA) is 124 Å². The van der Waals surface area contributed by atoms with Gasteiger partial charge in [0.05, 0.1) is 17.8 Å². The molecule has 11 heteroatoms. The maximum Gasteiger partial charge on any atom is 0.265 e. The van der Waals surface area contributed by atoms with E-state index in [2.05, 4.69) is 35.2 Å². The van der Waals surface area contributed by atoms with E-state index in [0.717, 1.165) is 30.1 Å². The fraction of sp³-hybridized carbons (Fsp3) is 0.312. The van der Waals surface area contributed by atoms with Gasteiger partial charge in [-0.2, -0.15) is 4.98 Å². The standard InChI is InChI=1S/C16H16N8O2S/c1-3-5-11-13(27-23-19-11)15(25)17-8-12-20-21-14-10(6-4-7-24(12)14)16-18-9(2)22-26-16/h4,6-7H,3,5,8H2,1-2H3,(H,17,25). The van der Waals surface area contributed by atoms with E-state index in [-0.39, 0.29) is 12.5 Å². The lowest BCUT2D eigenvalue weighted by atomic mass is 10.2. The Morgan fingerprint density at radius 1 is 1.33 bits per heavy atom. The Morgan fingerprint density at radius 3 is 3.00 bits per heavy atom. The first-order valence-electron chi connectivity index (χ1n) is 8.40. The molecule has 0 radical (unpaired) electrons. The predicted octanol–water partition coefficient (Wildman–Crippen LogP) is 1.82. The van der Waals surface area contributed by atoms with Crippen LogP contribution >= 0.6 is 11.5 Å². The smallest absolute Gasteiger partial charge is 0.265 e. The van der Waals surface area contributed by atoms with Crippen molar-refractivity contribution in [3.8, 4) is 11.5 Å². The number of hydrogen-bond acceptors (Lipinski definition) is 9. The highest BCUT2D eigenvalue weighted by atomic mass is 32.1. The van der Waals surface area contributed by atoms with E-state index < -0.39 is 0 Å². The average molecular weight is 384 g/mol. The molecular weight excluding hydrogens is 368 g/mol. The normalized spacial score (nSPS) is 11.2. The van der Waals surface area contributed by atoms with Crippen molar-refractivity contribution in [2.24, 2.45) is 0 Å². The first-order chi connectivity index (χ1) is 13.2. The molecule has 10 nitrogen and oxygen atoms in total. The SMILES string of the molecule is CCCc1nnsc1C(=O)NCc1nnc2c(-c3nc(C)no3)cccn12. The zero-order valence-corrected chi connectivity index (χ0v) is 15.5. The van der Waals surface area contributed by atoms with Gasteiger partial charge in [0, 0.05) is 6.20 Å². The molecule has 138 valence electrons. The quantitative estimate of drug-likeness (QED) is 0.534. The maximum atomic E-state index is 12.5. The van der Waals surface area contributed by atoms with Gasteiger partial charge in [0.25, 0.3) is 11.8 Å².